The summed E-state index contributed by atoms with van der Waals surface area (Å²) in [5.74, 6) is -0.478. The van der Waals surface area contributed by atoms with Gasteiger partial charge in [0.05, 0.1) is 10.8 Å². The second kappa shape index (κ2) is 4.71. The maximum absolute atomic E-state index is 10.8. The second-order valence-electron chi connectivity index (χ2n) is 4.08. The van der Waals surface area contributed by atoms with Crippen LogP contribution in [0, 0.1) is 12.8 Å². The monoisotopic (exact) mass is 250 g/mol. The largest absolute Gasteiger partial charge is 0.481 e. The van der Waals surface area contributed by atoms with E-state index >= 15 is 0 Å². The summed E-state index contributed by atoms with van der Waals surface area (Å²) in [7, 11) is 0. The van der Waals surface area contributed by atoms with Crippen LogP contribution in [0.2, 0.25) is 0 Å². The number of H-pyrrole nitrogens is 1. The fourth-order valence-corrected chi connectivity index (χ4v) is 2.42. The molecule has 0 saturated carbocycles. The van der Waals surface area contributed by atoms with E-state index in [1.165, 1.54) is 0 Å². The number of aromatic nitrogens is 2. The highest BCUT2D eigenvalue weighted by atomic mass is 32.1. The molecule has 17 heavy (non-hydrogen) atoms. The molecule has 0 fully saturated rings. The van der Waals surface area contributed by atoms with E-state index in [9.17, 15) is 4.79 Å². The van der Waals surface area contributed by atoms with Crippen LogP contribution < -0.4 is 0 Å². The van der Waals surface area contributed by atoms with Crippen LogP contribution in [0.25, 0.3) is 10.6 Å². The molecule has 2 aromatic rings. The van der Waals surface area contributed by atoms with Gasteiger partial charge < -0.3 is 10.1 Å². The third-order valence-electron chi connectivity index (χ3n) is 2.61. The van der Waals surface area contributed by atoms with Crippen LogP contribution in [0.3, 0.4) is 0 Å². The second-order valence-corrected chi connectivity index (χ2v) is 5.03. The molecule has 2 N–H and O–H groups in total. The minimum atomic E-state index is -0.795. The van der Waals surface area contributed by atoms with Crippen LogP contribution in [-0.4, -0.2) is 21.0 Å². The average Bonchev–Trinajstić information content (AvgIpc) is 2.87. The number of aromatic amines is 1. The number of thiophene rings is 1. The Morgan fingerprint density at radius 3 is 3.00 bits per heavy atom. The molecule has 2 heterocycles. The van der Waals surface area contributed by atoms with E-state index < -0.39 is 11.9 Å². The number of hydrogen-bond acceptors (Lipinski definition) is 3. The Labute approximate surface area is 103 Å². The molecule has 2 rings (SSSR count). The lowest BCUT2D eigenvalue weighted by Gasteiger charge is -2.01. The van der Waals surface area contributed by atoms with Crippen LogP contribution in [0.4, 0.5) is 0 Å². The molecule has 0 amide bonds. The first-order valence-corrected chi connectivity index (χ1v) is 6.28. The lowest BCUT2D eigenvalue weighted by Crippen LogP contribution is -2.13. The van der Waals surface area contributed by atoms with Crippen molar-refractivity contribution in [2.24, 2.45) is 5.92 Å². The fourth-order valence-electron chi connectivity index (χ4n) is 1.65. The molecule has 1 unspecified atom stereocenters. The Morgan fingerprint density at radius 2 is 2.41 bits per heavy atom. The van der Waals surface area contributed by atoms with Crippen molar-refractivity contribution in [3.05, 3.63) is 29.0 Å². The number of aryl methyl sites for hydroxylation is 1. The first kappa shape index (κ1) is 11.9. The van der Waals surface area contributed by atoms with Crippen LogP contribution in [0.15, 0.2) is 17.5 Å². The van der Waals surface area contributed by atoms with Crippen LogP contribution in [-0.2, 0) is 11.2 Å². The molecule has 90 valence electrons. The van der Waals surface area contributed by atoms with Crippen molar-refractivity contribution in [2.45, 2.75) is 20.3 Å². The highest BCUT2D eigenvalue weighted by Crippen LogP contribution is 2.26. The molecule has 0 saturated heterocycles. The molecule has 1 atom stereocenters. The van der Waals surface area contributed by atoms with E-state index in [1.807, 2.05) is 24.4 Å². The maximum Gasteiger partial charge on any atom is 0.306 e. The third kappa shape index (κ3) is 2.55. The van der Waals surface area contributed by atoms with E-state index in [0.717, 1.165) is 22.1 Å². The summed E-state index contributed by atoms with van der Waals surface area (Å²) in [6, 6.07) is 3.99. The Balaban J connectivity index is 2.22. The Hall–Kier alpha value is -1.62. The van der Waals surface area contributed by atoms with Gasteiger partial charge in [-0.1, -0.05) is 13.0 Å². The van der Waals surface area contributed by atoms with Crippen molar-refractivity contribution < 1.29 is 9.90 Å². The van der Waals surface area contributed by atoms with E-state index in [-0.39, 0.29) is 0 Å². The SMILES string of the molecule is Cc1[nH]c(CC(C)C(=O)O)nc1-c1cccs1. The zero-order valence-corrected chi connectivity index (χ0v) is 10.5. The molecule has 0 bridgehead atoms. The van der Waals surface area contributed by atoms with Crippen molar-refractivity contribution in [3.63, 3.8) is 0 Å². The summed E-state index contributed by atoms with van der Waals surface area (Å²) in [6.07, 6.45) is 0.432. The molecule has 0 aliphatic heterocycles. The van der Waals surface area contributed by atoms with Gasteiger partial charge in [-0.15, -0.1) is 11.3 Å². The summed E-state index contributed by atoms with van der Waals surface area (Å²) < 4.78 is 0. The highest BCUT2D eigenvalue weighted by Gasteiger charge is 2.16. The van der Waals surface area contributed by atoms with Gasteiger partial charge in [0.25, 0.3) is 0 Å². The predicted octanol–water partition coefficient (Wildman–Crippen LogP) is 2.71. The van der Waals surface area contributed by atoms with Crippen molar-refractivity contribution in [1.29, 1.82) is 0 Å². The van der Waals surface area contributed by atoms with E-state index in [0.29, 0.717) is 6.42 Å². The summed E-state index contributed by atoms with van der Waals surface area (Å²) in [5, 5.41) is 10.9. The smallest absolute Gasteiger partial charge is 0.306 e. The maximum atomic E-state index is 10.8. The number of nitrogens with zero attached hydrogens (tertiary/aromatic N) is 1. The van der Waals surface area contributed by atoms with Crippen LogP contribution in [0.1, 0.15) is 18.4 Å². The number of carboxylic acid groups (broad SMARTS) is 1. The molecule has 2 aromatic heterocycles. The lowest BCUT2D eigenvalue weighted by molar-refractivity contribution is -0.141. The first-order valence-electron chi connectivity index (χ1n) is 5.40. The number of nitrogens with one attached hydrogen (secondary N) is 1. The van der Waals surface area contributed by atoms with Crippen LogP contribution in [0.5, 0.6) is 0 Å². The summed E-state index contributed by atoms with van der Waals surface area (Å²) >= 11 is 1.63. The predicted molar refractivity (Wildman–Crippen MR) is 67.1 cm³/mol. The quantitative estimate of drug-likeness (QED) is 0.876. The van der Waals surface area contributed by atoms with Gasteiger partial charge >= 0.3 is 5.97 Å². The molecule has 0 aromatic carbocycles. The van der Waals surface area contributed by atoms with Gasteiger partial charge in [-0.25, -0.2) is 4.98 Å². The van der Waals surface area contributed by atoms with Gasteiger partial charge in [-0.05, 0) is 18.4 Å². The zero-order chi connectivity index (χ0) is 12.4. The Kier molecular flexibility index (Phi) is 3.28. The highest BCUT2D eigenvalue weighted by molar-refractivity contribution is 7.13. The third-order valence-corrected chi connectivity index (χ3v) is 3.49. The van der Waals surface area contributed by atoms with Gasteiger partial charge in [0.2, 0.25) is 0 Å². The number of rotatable bonds is 4. The summed E-state index contributed by atoms with van der Waals surface area (Å²) in [5.41, 5.74) is 1.91. The average molecular weight is 250 g/mol. The van der Waals surface area contributed by atoms with Crippen molar-refractivity contribution in [1.82, 2.24) is 9.97 Å². The number of aliphatic carboxylic acids is 1. The van der Waals surface area contributed by atoms with Gasteiger partial charge in [-0.3, -0.25) is 4.79 Å². The van der Waals surface area contributed by atoms with Crippen molar-refractivity contribution >= 4 is 17.3 Å². The normalized spacial score (nSPS) is 12.6. The zero-order valence-electron chi connectivity index (χ0n) is 9.73. The number of carboxylic acids is 1. The lowest BCUT2D eigenvalue weighted by atomic mass is 10.1. The molecular formula is C12H14N2O2S. The summed E-state index contributed by atoms with van der Waals surface area (Å²) in [4.78, 5) is 19.5. The number of hydrogen-bond donors (Lipinski definition) is 2. The van der Waals surface area contributed by atoms with Gasteiger partial charge in [0, 0.05) is 12.1 Å². The number of carbonyl (C=O) groups is 1. The van der Waals surface area contributed by atoms with Crippen molar-refractivity contribution in [2.75, 3.05) is 0 Å². The Bertz CT molecular complexity index is 517. The topological polar surface area (TPSA) is 66.0 Å². The molecule has 4 nitrogen and oxygen atoms in total. The molecule has 0 aliphatic carbocycles. The van der Waals surface area contributed by atoms with Gasteiger partial charge in [0.1, 0.15) is 11.5 Å². The molecule has 0 spiro atoms. The number of imidazole rings is 1. The van der Waals surface area contributed by atoms with E-state index in [4.69, 9.17) is 5.11 Å². The fraction of sp³-hybridized carbons (Fsp3) is 0.333. The summed E-state index contributed by atoms with van der Waals surface area (Å²) in [6.45, 7) is 3.64. The first-order chi connectivity index (χ1) is 8.08. The molecule has 0 aliphatic rings. The van der Waals surface area contributed by atoms with Gasteiger partial charge in [-0.2, -0.15) is 0 Å². The van der Waals surface area contributed by atoms with Gasteiger partial charge in [0.15, 0.2) is 0 Å². The van der Waals surface area contributed by atoms with E-state index in [2.05, 4.69) is 9.97 Å². The Morgan fingerprint density at radius 1 is 1.65 bits per heavy atom. The standard InChI is InChI=1S/C12H14N2O2S/c1-7(12(15)16)6-10-13-8(2)11(14-10)9-4-3-5-17-9/h3-5,7H,6H2,1-2H3,(H,13,14)(H,15,16). The van der Waals surface area contributed by atoms with Crippen molar-refractivity contribution in [3.8, 4) is 10.6 Å². The van der Waals surface area contributed by atoms with Crippen LogP contribution >= 0.6 is 11.3 Å². The molecule has 0 radical (unpaired) electrons. The molecular weight excluding hydrogens is 236 g/mol. The minimum Gasteiger partial charge on any atom is -0.481 e. The molecule has 5 heteroatoms. The van der Waals surface area contributed by atoms with E-state index in [1.54, 1.807) is 18.3 Å². The minimum absolute atomic E-state index is 0.420.